The third-order valence-corrected chi connectivity index (χ3v) is 6.55. The first-order valence-electron chi connectivity index (χ1n) is 8.89. The predicted octanol–water partition coefficient (Wildman–Crippen LogP) is 2.28. The zero-order valence-corrected chi connectivity index (χ0v) is 17.9. The number of anilines is 1. The van der Waals surface area contributed by atoms with Crippen LogP contribution in [0.3, 0.4) is 0 Å². The highest BCUT2D eigenvalue weighted by atomic mass is 35.5. The molecule has 1 unspecified atom stereocenters. The van der Waals surface area contributed by atoms with E-state index in [9.17, 15) is 18.3 Å². The molecule has 0 saturated heterocycles. The molecule has 0 aromatic carbocycles. The molecule has 0 bridgehead atoms. The molecule has 2 aromatic rings. The molecule has 158 valence electrons. The highest BCUT2D eigenvalue weighted by molar-refractivity contribution is 7.84. The zero-order valence-electron chi connectivity index (χ0n) is 15.5. The van der Waals surface area contributed by atoms with Crippen LogP contribution in [0.15, 0.2) is 18.6 Å². The number of nitrogens with zero attached hydrogens (tertiary/aromatic N) is 2. The lowest BCUT2D eigenvalue weighted by Crippen LogP contribution is -2.22. The average Bonchev–Trinajstić information content (AvgIpc) is 3.26. The Morgan fingerprint density at radius 3 is 2.93 bits per heavy atom. The SMILES string of the molecule is CC(O)c1cc(C(=O)c2cncnc2N[C@H]2CC[C@@H](COS(N)(=O)=O)C2)sc1Cl. The Morgan fingerprint density at radius 1 is 1.52 bits per heavy atom. The van der Waals surface area contributed by atoms with E-state index < -0.39 is 16.4 Å². The number of rotatable bonds is 8. The van der Waals surface area contributed by atoms with Crippen LogP contribution >= 0.6 is 22.9 Å². The number of nitrogens with one attached hydrogen (secondary N) is 1. The van der Waals surface area contributed by atoms with E-state index in [2.05, 4.69) is 19.5 Å². The summed E-state index contributed by atoms with van der Waals surface area (Å²) in [6, 6.07) is 1.58. The molecular weight excluding hydrogens is 440 g/mol. The molecule has 2 aromatic heterocycles. The van der Waals surface area contributed by atoms with E-state index in [-0.39, 0.29) is 24.3 Å². The molecule has 1 saturated carbocycles. The lowest BCUT2D eigenvalue weighted by atomic mass is 10.1. The van der Waals surface area contributed by atoms with E-state index in [1.165, 1.54) is 12.5 Å². The molecular formula is C17H21ClN4O5S2. The van der Waals surface area contributed by atoms with Gasteiger partial charge in [-0.25, -0.2) is 15.1 Å². The monoisotopic (exact) mass is 460 g/mol. The summed E-state index contributed by atoms with van der Waals surface area (Å²) in [5.74, 6) is 0.140. The van der Waals surface area contributed by atoms with E-state index >= 15 is 0 Å². The second-order valence-corrected chi connectivity index (χ2v) is 9.80. The summed E-state index contributed by atoms with van der Waals surface area (Å²) in [6.45, 7) is 1.61. The van der Waals surface area contributed by atoms with Crippen LogP contribution < -0.4 is 10.5 Å². The van der Waals surface area contributed by atoms with E-state index in [0.717, 1.165) is 24.2 Å². The van der Waals surface area contributed by atoms with Gasteiger partial charge in [0.2, 0.25) is 5.78 Å². The van der Waals surface area contributed by atoms with Crippen LogP contribution in [0.25, 0.3) is 0 Å². The van der Waals surface area contributed by atoms with Gasteiger partial charge in [-0.1, -0.05) is 11.6 Å². The maximum Gasteiger partial charge on any atom is 0.333 e. The maximum atomic E-state index is 13.0. The van der Waals surface area contributed by atoms with Gasteiger partial charge in [-0.3, -0.25) is 8.98 Å². The summed E-state index contributed by atoms with van der Waals surface area (Å²) in [7, 11) is -3.96. The molecule has 3 atom stereocenters. The quantitative estimate of drug-likeness (QED) is 0.508. The topological polar surface area (TPSA) is 144 Å². The number of halogens is 1. The van der Waals surface area contributed by atoms with E-state index in [4.69, 9.17) is 16.7 Å². The van der Waals surface area contributed by atoms with Gasteiger partial charge in [0.05, 0.1) is 27.5 Å². The van der Waals surface area contributed by atoms with Gasteiger partial charge in [0.1, 0.15) is 12.1 Å². The predicted molar refractivity (Wildman–Crippen MR) is 109 cm³/mol. The molecule has 29 heavy (non-hydrogen) atoms. The Morgan fingerprint density at radius 2 is 2.28 bits per heavy atom. The number of hydrogen-bond acceptors (Lipinski definition) is 9. The summed E-state index contributed by atoms with van der Waals surface area (Å²) in [6.07, 6.45) is 4.19. The first-order chi connectivity index (χ1) is 13.6. The highest BCUT2D eigenvalue weighted by Gasteiger charge is 2.28. The fraction of sp³-hybridized carbons (Fsp3) is 0.471. The molecule has 9 nitrogen and oxygen atoms in total. The number of hydrogen-bond donors (Lipinski definition) is 3. The number of carbonyl (C=O) groups excluding carboxylic acids is 1. The average molecular weight is 461 g/mol. The first kappa shape index (κ1) is 22.1. The second-order valence-electron chi connectivity index (χ2n) is 6.93. The molecule has 3 rings (SSSR count). The van der Waals surface area contributed by atoms with E-state index in [0.29, 0.717) is 32.6 Å². The number of carbonyl (C=O) groups is 1. The minimum atomic E-state index is -3.96. The Labute approximate surface area is 177 Å². The van der Waals surface area contributed by atoms with Crippen molar-refractivity contribution in [1.29, 1.82) is 0 Å². The van der Waals surface area contributed by atoms with Gasteiger partial charge in [0.25, 0.3) is 0 Å². The lowest BCUT2D eigenvalue weighted by molar-refractivity contribution is 0.104. The third kappa shape index (κ3) is 5.71. The molecule has 0 amide bonds. The lowest BCUT2D eigenvalue weighted by Gasteiger charge is -2.15. The number of ketones is 1. The van der Waals surface area contributed by atoms with Gasteiger partial charge in [0, 0.05) is 17.8 Å². The summed E-state index contributed by atoms with van der Waals surface area (Å²) >= 11 is 7.22. The van der Waals surface area contributed by atoms with Gasteiger partial charge >= 0.3 is 10.3 Å². The van der Waals surface area contributed by atoms with Crippen molar-refractivity contribution in [1.82, 2.24) is 9.97 Å². The number of aliphatic hydroxyl groups excluding tert-OH is 1. The molecule has 1 aliphatic carbocycles. The molecule has 12 heteroatoms. The molecule has 0 aliphatic heterocycles. The van der Waals surface area contributed by atoms with Crippen LogP contribution in [0.1, 0.15) is 53.1 Å². The minimum absolute atomic E-state index is 0.00507. The van der Waals surface area contributed by atoms with Gasteiger partial charge in [-0.15, -0.1) is 11.3 Å². The third-order valence-electron chi connectivity index (χ3n) is 4.69. The van der Waals surface area contributed by atoms with Gasteiger partial charge in [-0.2, -0.15) is 8.42 Å². The summed E-state index contributed by atoms with van der Waals surface area (Å²) in [5, 5.41) is 17.9. The Hall–Kier alpha value is -1.63. The highest BCUT2D eigenvalue weighted by Crippen LogP contribution is 2.34. The number of aliphatic hydroxyl groups is 1. The molecule has 1 aliphatic rings. The van der Waals surface area contributed by atoms with Crippen LogP contribution in [0.2, 0.25) is 4.34 Å². The summed E-state index contributed by atoms with van der Waals surface area (Å²) in [5.41, 5.74) is 0.798. The van der Waals surface area contributed by atoms with E-state index in [1.54, 1.807) is 13.0 Å². The molecule has 1 fully saturated rings. The van der Waals surface area contributed by atoms with Crippen molar-refractivity contribution in [3.63, 3.8) is 0 Å². The van der Waals surface area contributed by atoms with Crippen LogP contribution in [0, 0.1) is 5.92 Å². The van der Waals surface area contributed by atoms with Crippen LogP contribution in [-0.4, -0.2) is 41.9 Å². The standard InChI is InChI=1S/C17H21ClN4O5S2/c1-9(23)12-5-14(28-16(12)18)15(24)13-6-20-8-21-17(13)22-11-3-2-10(4-11)7-27-29(19,25)26/h5-6,8-11,23H,2-4,7H2,1H3,(H2,19,25,26)(H,20,21,22)/t9?,10-,11+/m1/s1. The first-order valence-corrected chi connectivity index (χ1v) is 11.6. The summed E-state index contributed by atoms with van der Waals surface area (Å²) < 4.78 is 26.9. The second kappa shape index (κ2) is 9.02. The van der Waals surface area contributed by atoms with Gasteiger partial charge in [-0.05, 0) is 38.2 Å². The fourth-order valence-electron chi connectivity index (χ4n) is 3.27. The Kier molecular flexibility index (Phi) is 6.87. The zero-order chi connectivity index (χ0) is 21.2. The number of thiophene rings is 1. The van der Waals surface area contributed by atoms with Crippen molar-refractivity contribution in [2.45, 2.75) is 38.3 Å². The molecule has 4 N–H and O–H groups in total. The van der Waals surface area contributed by atoms with Gasteiger partial charge < -0.3 is 10.4 Å². The Bertz CT molecular complexity index is 995. The van der Waals surface area contributed by atoms with Crippen LogP contribution in [0.5, 0.6) is 0 Å². The molecule has 0 spiro atoms. The largest absolute Gasteiger partial charge is 0.389 e. The summed E-state index contributed by atoms with van der Waals surface area (Å²) in [4.78, 5) is 21.5. The van der Waals surface area contributed by atoms with Crippen molar-refractivity contribution in [2.24, 2.45) is 11.1 Å². The van der Waals surface area contributed by atoms with E-state index in [1.807, 2.05) is 0 Å². The van der Waals surface area contributed by atoms with Crippen LogP contribution in [0.4, 0.5) is 5.82 Å². The van der Waals surface area contributed by atoms with Crippen molar-refractivity contribution in [3.8, 4) is 0 Å². The van der Waals surface area contributed by atoms with Gasteiger partial charge in [0.15, 0.2) is 0 Å². The van der Waals surface area contributed by atoms with Crippen molar-refractivity contribution in [2.75, 3.05) is 11.9 Å². The smallest absolute Gasteiger partial charge is 0.333 e. The number of aromatic nitrogens is 2. The minimum Gasteiger partial charge on any atom is -0.389 e. The number of nitrogens with two attached hydrogens (primary N) is 1. The van der Waals surface area contributed by atoms with Crippen molar-refractivity contribution >= 4 is 44.8 Å². The Balaban J connectivity index is 1.71. The normalized spacial score (nSPS) is 20.6. The van der Waals surface area contributed by atoms with Crippen molar-refractivity contribution < 1.29 is 22.5 Å². The van der Waals surface area contributed by atoms with Crippen molar-refractivity contribution in [3.05, 3.63) is 38.9 Å². The fourth-order valence-corrected chi connectivity index (χ4v) is 5.04. The maximum absolute atomic E-state index is 13.0. The molecule has 2 heterocycles. The van der Waals surface area contributed by atoms with Crippen LogP contribution in [-0.2, 0) is 14.5 Å². The molecule has 0 radical (unpaired) electrons.